The number of halogens is 4. The van der Waals surface area contributed by atoms with Crippen molar-refractivity contribution in [3.8, 4) is 0 Å². The van der Waals surface area contributed by atoms with Gasteiger partial charge in [0.05, 0.1) is 6.54 Å². The van der Waals surface area contributed by atoms with Gasteiger partial charge in [-0.15, -0.1) is 24.0 Å². The van der Waals surface area contributed by atoms with Crippen LogP contribution in [0.3, 0.4) is 0 Å². The van der Waals surface area contributed by atoms with E-state index in [9.17, 15) is 18.0 Å². The number of rotatable bonds is 3. The van der Waals surface area contributed by atoms with Gasteiger partial charge in [-0.05, 0) is 25.0 Å². The topological polar surface area (TPSA) is 51.2 Å². The lowest BCUT2D eigenvalue weighted by atomic mass is 10.2. The van der Waals surface area contributed by atoms with Gasteiger partial charge in [-0.3, -0.25) is 14.7 Å². The van der Waals surface area contributed by atoms with E-state index in [1.807, 2.05) is 29.2 Å². The largest absolute Gasteiger partial charge is 0.403 e. The number of nitrogens with zero attached hydrogens (tertiary/aromatic N) is 4. The van der Waals surface area contributed by atoms with Gasteiger partial charge in [-0.25, -0.2) is 0 Å². The van der Waals surface area contributed by atoms with Gasteiger partial charge in [-0.1, -0.05) is 18.2 Å². The van der Waals surface area contributed by atoms with Crippen molar-refractivity contribution in [1.29, 1.82) is 0 Å². The first-order chi connectivity index (χ1) is 13.3. The van der Waals surface area contributed by atoms with Crippen LogP contribution in [0.25, 0.3) is 0 Å². The van der Waals surface area contributed by atoms with Gasteiger partial charge in [0.2, 0.25) is 5.91 Å². The first-order valence-electron chi connectivity index (χ1n) is 9.46. The van der Waals surface area contributed by atoms with Crippen molar-refractivity contribution in [2.24, 2.45) is 4.99 Å². The molecular weight excluding hydrogens is 498 g/mol. The van der Waals surface area contributed by atoms with Crippen molar-refractivity contribution >= 4 is 41.5 Å². The summed E-state index contributed by atoms with van der Waals surface area (Å²) in [5, 5.41) is 3.06. The number of para-hydroxylation sites is 1. The Morgan fingerprint density at radius 1 is 1.17 bits per heavy atom. The molecule has 29 heavy (non-hydrogen) atoms. The molecule has 6 nitrogen and oxygen atoms in total. The van der Waals surface area contributed by atoms with Crippen LogP contribution in [0.1, 0.15) is 12.5 Å². The fourth-order valence-corrected chi connectivity index (χ4v) is 3.71. The second-order valence-electron chi connectivity index (χ2n) is 7.07. The highest BCUT2D eigenvalue weighted by atomic mass is 127. The standard InChI is InChI=1S/C19H26F3N5O.HI/c1-14(19(20,21)22)25-9-11-26(12-10-25)18(23-2)24-13-17(28)27-8-7-15-5-3-4-6-16(15)27;/h3-6,14H,7-13H2,1-2H3,(H,23,24);1H. The highest BCUT2D eigenvalue weighted by Gasteiger charge is 2.41. The van der Waals surface area contributed by atoms with E-state index in [2.05, 4.69) is 10.3 Å². The molecule has 0 bridgehead atoms. The first-order valence-corrected chi connectivity index (χ1v) is 9.46. The minimum Gasteiger partial charge on any atom is -0.347 e. The molecule has 2 heterocycles. The lowest BCUT2D eigenvalue weighted by Gasteiger charge is -2.39. The Kier molecular flexibility index (Phi) is 8.15. The van der Waals surface area contributed by atoms with E-state index >= 15 is 0 Å². The SMILES string of the molecule is CN=C(NCC(=O)N1CCc2ccccc21)N1CCN(C(C)C(F)(F)F)CC1.I. The minimum atomic E-state index is -4.22. The summed E-state index contributed by atoms with van der Waals surface area (Å²) in [6.07, 6.45) is -3.38. The Bertz CT molecular complexity index is 735. The Labute approximate surface area is 186 Å². The highest BCUT2D eigenvalue weighted by molar-refractivity contribution is 14.0. The zero-order valence-corrected chi connectivity index (χ0v) is 18.9. The lowest BCUT2D eigenvalue weighted by molar-refractivity contribution is -0.181. The molecule has 1 saturated heterocycles. The summed E-state index contributed by atoms with van der Waals surface area (Å²) in [5.74, 6) is 0.496. The molecule has 2 aliphatic heterocycles. The van der Waals surface area contributed by atoms with Gasteiger partial charge in [0.25, 0.3) is 0 Å². The third-order valence-corrected chi connectivity index (χ3v) is 5.43. The van der Waals surface area contributed by atoms with E-state index < -0.39 is 12.2 Å². The molecule has 0 spiro atoms. The average molecular weight is 525 g/mol. The fraction of sp³-hybridized carbons (Fsp3) is 0.579. The minimum absolute atomic E-state index is 0. The predicted molar refractivity (Wildman–Crippen MR) is 118 cm³/mol. The number of amides is 1. The number of nitrogens with one attached hydrogen (secondary N) is 1. The van der Waals surface area contributed by atoms with Crippen molar-refractivity contribution in [2.45, 2.75) is 25.6 Å². The molecule has 1 atom stereocenters. The summed E-state index contributed by atoms with van der Waals surface area (Å²) in [5.41, 5.74) is 2.11. The quantitative estimate of drug-likeness (QED) is 0.374. The van der Waals surface area contributed by atoms with Crippen LogP contribution in [-0.4, -0.2) is 80.2 Å². The monoisotopic (exact) mass is 525 g/mol. The maximum atomic E-state index is 12.9. The highest BCUT2D eigenvalue weighted by Crippen LogP contribution is 2.27. The Hall–Kier alpha value is -1.56. The van der Waals surface area contributed by atoms with Gasteiger partial charge in [0.1, 0.15) is 6.04 Å². The van der Waals surface area contributed by atoms with Gasteiger partial charge < -0.3 is 15.1 Å². The molecule has 1 fully saturated rings. The Balaban J connectivity index is 0.00000300. The summed E-state index contributed by atoms with van der Waals surface area (Å²) < 4.78 is 38.7. The van der Waals surface area contributed by atoms with E-state index in [0.717, 1.165) is 17.7 Å². The van der Waals surface area contributed by atoms with Crippen LogP contribution in [0.4, 0.5) is 18.9 Å². The summed E-state index contributed by atoms with van der Waals surface area (Å²) in [6.45, 7) is 3.41. The fourth-order valence-electron chi connectivity index (χ4n) is 3.71. The summed E-state index contributed by atoms with van der Waals surface area (Å²) >= 11 is 0. The molecule has 0 aromatic heterocycles. The molecule has 1 amide bonds. The molecule has 1 N–H and O–H groups in total. The maximum Gasteiger partial charge on any atom is 0.403 e. The molecule has 10 heteroatoms. The van der Waals surface area contributed by atoms with Crippen molar-refractivity contribution in [2.75, 3.05) is 51.2 Å². The molecule has 0 saturated carbocycles. The molecule has 1 aromatic rings. The smallest absolute Gasteiger partial charge is 0.347 e. The lowest BCUT2D eigenvalue weighted by Crippen LogP contribution is -2.57. The van der Waals surface area contributed by atoms with Crippen molar-refractivity contribution < 1.29 is 18.0 Å². The number of hydrogen-bond acceptors (Lipinski definition) is 3. The van der Waals surface area contributed by atoms with Crippen molar-refractivity contribution in [1.82, 2.24) is 15.1 Å². The molecule has 1 unspecified atom stereocenters. The average Bonchev–Trinajstić information content (AvgIpc) is 3.12. The zero-order valence-electron chi connectivity index (χ0n) is 16.6. The molecule has 0 aliphatic carbocycles. The van der Waals surface area contributed by atoms with Crippen molar-refractivity contribution in [3.63, 3.8) is 0 Å². The second kappa shape index (κ2) is 9.96. The second-order valence-corrected chi connectivity index (χ2v) is 7.07. The number of alkyl halides is 3. The third-order valence-electron chi connectivity index (χ3n) is 5.43. The number of guanidine groups is 1. The van der Waals surface area contributed by atoms with E-state index in [1.165, 1.54) is 11.8 Å². The van der Waals surface area contributed by atoms with Crippen LogP contribution < -0.4 is 10.2 Å². The number of hydrogen-bond donors (Lipinski definition) is 1. The molecular formula is C19H27F3IN5O. The third kappa shape index (κ3) is 5.53. The number of carbonyl (C=O) groups excluding carboxylic acids is 1. The van der Waals surface area contributed by atoms with Crippen LogP contribution >= 0.6 is 24.0 Å². The summed E-state index contributed by atoms with van der Waals surface area (Å²) in [4.78, 5) is 21.9. The molecule has 1 aromatic carbocycles. The first kappa shape index (κ1) is 23.7. The summed E-state index contributed by atoms with van der Waals surface area (Å²) in [6, 6.07) is 6.39. The van der Waals surface area contributed by atoms with E-state index in [0.29, 0.717) is 38.7 Å². The summed E-state index contributed by atoms with van der Waals surface area (Å²) in [7, 11) is 1.61. The van der Waals surface area contributed by atoms with Gasteiger partial charge in [-0.2, -0.15) is 13.2 Å². The van der Waals surface area contributed by atoms with Gasteiger partial charge in [0.15, 0.2) is 5.96 Å². The van der Waals surface area contributed by atoms with Gasteiger partial charge in [0, 0.05) is 45.5 Å². The zero-order chi connectivity index (χ0) is 20.3. The number of aliphatic imine (C=N–C) groups is 1. The molecule has 3 rings (SSSR count). The van der Waals surface area contributed by atoms with Crippen molar-refractivity contribution in [3.05, 3.63) is 29.8 Å². The number of benzene rings is 1. The molecule has 162 valence electrons. The van der Waals surface area contributed by atoms with Crippen LogP contribution in [0.2, 0.25) is 0 Å². The predicted octanol–water partition coefficient (Wildman–Crippen LogP) is 2.34. The number of fused-ring (bicyclic) bond motifs is 1. The normalized spacial score (nSPS) is 18.9. The van der Waals surface area contributed by atoms with E-state index in [1.54, 1.807) is 11.9 Å². The van der Waals surface area contributed by atoms with Crippen LogP contribution in [-0.2, 0) is 11.2 Å². The van der Waals surface area contributed by atoms with E-state index in [-0.39, 0.29) is 36.4 Å². The number of piperazine rings is 1. The van der Waals surface area contributed by atoms with Crippen LogP contribution in [0, 0.1) is 0 Å². The van der Waals surface area contributed by atoms with Gasteiger partial charge >= 0.3 is 6.18 Å². The maximum absolute atomic E-state index is 12.9. The van der Waals surface area contributed by atoms with Crippen LogP contribution in [0.15, 0.2) is 29.3 Å². The molecule has 0 radical (unpaired) electrons. The van der Waals surface area contributed by atoms with E-state index in [4.69, 9.17) is 0 Å². The van der Waals surface area contributed by atoms with Crippen LogP contribution in [0.5, 0.6) is 0 Å². The number of anilines is 1. The Morgan fingerprint density at radius 2 is 1.83 bits per heavy atom. The Morgan fingerprint density at radius 3 is 2.45 bits per heavy atom. The molecule has 2 aliphatic rings. The number of carbonyl (C=O) groups is 1.